The van der Waals surface area contributed by atoms with Crippen molar-refractivity contribution in [3.8, 4) is 5.75 Å². The Morgan fingerprint density at radius 1 is 1.27 bits per heavy atom. The van der Waals surface area contributed by atoms with E-state index in [9.17, 15) is 0 Å². The van der Waals surface area contributed by atoms with Crippen LogP contribution < -0.4 is 15.0 Å². The molecular weight excluding hydrogens is 276 g/mol. The van der Waals surface area contributed by atoms with Gasteiger partial charge in [0, 0.05) is 33.8 Å². The minimum atomic E-state index is 0.176. The lowest BCUT2D eigenvalue weighted by Gasteiger charge is -2.24. The van der Waals surface area contributed by atoms with Crippen LogP contribution in [0.4, 0.5) is 5.69 Å². The van der Waals surface area contributed by atoms with E-state index in [1.807, 2.05) is 0 Å². The Bertz CT molecular complexity index is 422. The zero-order chi connectivity index (χ0) is 16.4. The highest BCUT2D eigenvalue weighted by molar-refractivity contribution is 5.59. The average molecular weight is 308 g/mol. The summed E-state index contributed by atoms with van der Waals surface area (Å²) in [6.45, 7) is 9.82. The Morgan fingerprint density at radius 3 is 2.68 bits per heavy atom. The standard InChI is InChI=1S/C18H32N2O2/c1-6-7-11-20(4)17-9-8-16(14-19-10-12-21-5)13-18(17)22-15(2)3/h8-9,13,15,19H,6-7,10-12,14H2,1-5H3. The Morgan fingerprint density at radius 2 is 2.05 bits per heavy atom. The topological polar surface area (TPSA) is 33.7 Å². The van der Waals surface area contributed by atoms with Crippen LogP contribution in [0.3, 0.4) is 0 Å². The van der Waals surface area contributed by atoms with Gasteiger partial charge in [-0.1, -0.05) is 19.4 Å². The monoisotopic (exact) mass is 308 g/mol. The molecule has 0 atom stereocenters. The minimum Gasteiger partial charge on any atom is -0.489 e. The van der Waals surface area contributed by atoms with Crippen LogP contribution in [0.15, 0.2) is 18.2 Å². The second kappa shape index (κ2) is 10.5. The van der Waals surface area contributed by atoms with Gasteiger partial charge in [-0.25, -0.2) is 0 Å². The third-order valence-electron chi connectivity index (χ3n) is 3.46. The molecule has 0 radical (unpaired) electrons. The quantitative estimate of drug-likeness (QED) is 0.635. The molecule has 1 aromatic carbocycles. The number of hydrogen-bond acceptors (Lipinski definition) is 4. The summed E-state index contributed by atoms with van der Waals surface area (Å²) < 4.78 is 11.1. The fraction of sp³-hybridized carbons (Fsp3) is 0.667. The van der Waals surface area contributed by atoms with E-state index < -0.39 is 0 Å². The van der Waals surface area contributed by atoms with E-state index in [2.05, 4.69) is 56.2 Å². The van der Waals surface area contributed by atoms with Gasteiger partial charge in [0.15, 0.2) is 0 Å². The predicted molar refractivity (Wildman–Crippen MR) is 94.0 cm³/mol. The van der Waals surface area contributed by atoms with Crippen molar-refractivity contribution < 1.29 is 9.47 Å². The fourth-order valence-electron chi connectivity index (χ4n) is 2.25. The van der Waals surface area contributed by atoms with Crippen LogP contribution in [0.5, 0.6) is 5.75 Å². The zero-order valence-corrected chi connectivity index (χ0v) is 14.8. The number of rotatable bonds is 11. The SMILES string of the molecule is CCCCN(C)c1ccc(CNCCOC)cc1OC(C)C. The highest BCUT2D eigenvalue weighted by Gasteiger charge is 2.11. The first kappa shape index (κ1) is 18.8. The molecule has 0 unspecified atom stereocenters. The molecule has 0 heterocycles. The molecule has 1 aromatic rings. The van der Waals surface area contributed by atoms with Crippen molar-refractivity contribution in [3.05, 3.63) is 23.8 Å². The lowest BCUT2D eigenvalue weighted by molar-refractivity contribution is 0.199. The summed E-state index contributed by atoms with van der Waals surface area (Å²) in [5, 5.41) is 3.37. The lowest BCUT2D eigenvalue weighted by Crippen LogP contribution is -2.21. The summed E-state index contributed by atoms with van der Waals surface area (Å²) in [4.78, 5) is 2.28. The molecule has 0 saturated carbocycles. The first-order valence-corrected chi connectivity index (χ1v) is 8.28. The number of unbranched alkanes of at least 4 members (excludes halogenated alkanes) is 1. The van der Waals surface area contributed by atoms with Gasteiger partial charge in [0.25, 0.3) is 0 Å². The molecule has 126 valence electrons. The maximum atomic E-state index is 6.02. The normalized spacial score (nSPS) is 11.0. The van der Waals surface area contributed by atoms with Gasteiger partial charge in [0.05, 0.1) is 18.4 Å². The van der Waals surface area contributed by atoms with Gasteiger partial charge in [-0.15, -0.1) is 0 Å². The summed E-state index contributed by atoms with van der Waals surface area (Å²) in [7, 11) is 3.85. The van der Waals surface area contributed by atoms with Crippen LogP contribution in [-0.2, 0) is 11.3 Å². The smallest absolute Gasteiger partial charge is 0.143 e. The van der Waals surface area contributed by atoms with Gasteiger partial charge in [0.1, 0.15) is 5.75 Å². The van der Waals surface area contributed by atoms with E-state index in [0.29, 0.717) is 0 Å². The number of hydrogen-bond donors (Lipinski definition) is 1. The van der Waals surface area contributed by atoms with Crippen LogP contribution in [0.25, 0.3) is 0 Å². The molecule has 1 rings (SSSR count). The van der Waals surface area contributed by atoms with Crippen molar-refractivity contribution in [2.45, 2.75) is 46.3 Å². The van der Waals surface area contributed by atoms with Gasteiger partial charge >= 0.3 is 0 Å². The van der Waals surface area contributed by atoms with Crippen LogP contribution in [0.1, 0.15) is 39.2 Å². The highest BCUT2D eigenvalue weighted by Crippen LogP contribution is 2.30. The van der Waals surface area contributed by atoms with E-state index >= 15 is 0 Å². The van der Waals surface area contributed by atoms with E-state index in [1.165, 1.54) is 24.1 Å². The number of nitrogens with zero attached hydrogens (tertiary/aromatic N) is 1. The summed E-state index contributed by atoms with van der Waals surface area (Å²) >= 11 is 0. The summed E-state index contributed by atoms with van der Waals surface area (Å²) in [5.74, 6) is 0.972. The summed E-state index contributed by atoms with van der Waals surface area (Å²) in [6, 6.07) is 6.49. The molecule has 0 aliphatic rings. The van der Waals surface area contributed by atoms with Gasteiger partial charge in [-0.05, 0) is 38.0 Å². The molecule has 0 aliphatic carbocycles. The van der Waals surface area contributed by atoms with Crippen molar-refractivity contribution in [1.29, 1.82) is 0 Å². The van der Waals surface area contributed by atoms with Crippen molar-refractivity contribution in [2.24, 2.45) is 0 Å². The van der Waals surface area contributed by atoms with E-state index in [4.69, 9.17) is 9.47 Å². The Hall–Kier alpha value is -1.26. The Kier molecular flexibility index (Phi) is 8.94. The Balaban J connectivity index is 2.78. The second-order valence-electron chi connectivity index (χ2n) is 5.91. The first-order chi connectivity index (χ1) is 10.6. The zero-order valence-electron chi connectivity index (χ0n) is 14.8. The van der Waals surface area contributed by atoms with Gasteiger partial charge < -0.3 is 19.7 Å². The van der Waals surface area contributed by atoms with Crippen LogP contribution >= 0.6 is 0 Å². The number of anilines is 1. The molecule has 0 fully saturated rings. The fourth-order valence-corrected chi connectivity index (χ4v) is 2.25. The maximum absolute atomic E-state index is 6.02. The highest BCUT2D eigenvalue weighted by atomic mass is 16.5. The molecule has 4 nitrogen and oxygen atoms in total. The van der Waals surface area contributed by atoms with Crippen LogP contribution in [0.2, 0.25) is 0 Å². The lowest BCUT2D eigenvalue weighted by atomic mass is 10.1. The molecule has 4 heteroatoms. The van der Waals surface area contributed by atoms with E-state index in [-0.39, 0.29) is 6.10 Å². The first-order valence-electron chi connectivity index (χ1n) is 8.28. The molecule has 0 spiro atoms. The van der Waals surface area contributed by atoms with E-state index in [1.54, 1.807) is 7.11 Å². The average Bonchev–Trinajstić information content (AvgIpc) is 2.49. The number of ether oxygens (including phenoxy) is 2. The molecule has 0 aromatic heterocycles. The van der Waals surface area contributed by atoms with E-state index in [0.717, 1.165) is 32.0 Å². The van der Waals surface area contributed by atoms with Crippen molar-refractivity contribution in [1.82, 2.24) is 5.32 Å². The number of methoxy groups -OCH3 is 1. The molecule has 22 heavy (non-hydrogen) atoms. The minimum absolute atomic E-state index is 0.176. The van der Waals surface area contributed by atoms with Gasteiger partial charge in [-0.3, -0.25) is 0 Å². The molecule has 0 amide bonds. The van der Waals surface area contributed by atoms with Crippen molar-refractivity contribution in [3.63, 3.8) is 0 Å². The number of nitrogens with one attached hydrogen (secondary N) is 1. The largest absolute Gasteiger partial charge is 0.489 e. The molecular formula is C18H32N2O2. The van der Waals surface area contributed by atoms with Gasteiger partial charge in [-0.2, -0.15) is 0 Å². The molecule has 0 aliphatic heterocycles. The molecule has 0 bridgehead atoms. The second-order valence-corrected chi connectivity index (χ2v) is 5.91. The number of benzene rings is 1. The predicted octanol–water partition coefficient (Wildman–Crippen LogP) is 3.45. The third-order valence-corrected chi connectivity index (χ3v) is 3.46. The van der Waals surface area contributed by atoms with Gasteiger partial charge in [0.2, 0.25) is 0 Å². The van der Waals surface area contributed by atoms with Crippen LogP contribution in [-0.4, -0.2) is 40.0 Å². The molecule has 0 saturated heterocycles. The Labute approximate surface area is 135 Å². The maximum Gasteiger partial charge on any atom is 0.143 e. The summed E-state index contributed by atoms with van der Waals surface area (Å²) in [5.41, 5.74) is 2.40. The third kappa shape index (κ3) is 6.67. The van der Waals surface area contributed by atoms with Crippen molar-refractivity contribution >= 4 is 5.69 Å². The van der Waals surface area contributed by atoms with Crippen LogP contribution in [0, 0.1) is 0 Å². The van der Waals surface area contributed by atoms with Crippen molar-refractivity contribution in [2.75, 3.05) is 38.8 Å². The molecule has 1 N–H and O–H groups in total. The summed E-state index contributed by atoms with van der Waals surface area (Å²) in [6.07, 6.45) is 2.57.